The maximum absolute atomic E-state index is 10.6. The normalized spacial score (nSPS) is 28.9. The zero-order valence-electron chi connectivity index (χ0n) is 10.6. The average Bonchev–Trinajstić information content (AvgIpc) is 2.47. The molecular weight excluding hydrogens is 200 g/mol. The monoisotopic (exact) mass is 226 g/mol. The van der Waals surface area contributed by atoms with Crippen molar-refractivity contribution in [1.82, 2.24) is 9.80 Å². The van der Waals surface area contributed by atoms with E-state index in [1.807, 2.05) is 0 Å². The highest BCUT2D eigenvalue weighted by molar-refractivity contribution is 4.86. The lowest BCUT2D eigenvalue weighted by atomic mass is 9.93. The predicted molar refractivity (Wildman–Crippen MR) is 66.6 cm³/mol. The molecule has 2 aliphatic rings. The van der Waals surface area contributed by atoms with E-state index in [4.69, 9.17) is 0 Å². The summed E-state index contributed by atoms with van der Waals surface area (Å²) in [6.45, 7) is 5.45. The fourth-order valence-corrected chi connectivity index (χ4v) is 2.97. The van der Waals surface area contributed by atoms with E-state index in [1.54, 1.807) is 0 Å². The van der Waals surface area contributed by atoms with Gasteiger partial charge in [0.2, 0.25) is 0 Å². The molecule has 1 saturated heterocycles. The highest BCUT2D eigenvalue weighted by Crippen LogP contribution is 2.28. The largest absolute Gasteiger partial charge is 0.389 e. The van der Waals surface area contributed by atoms with Crippen molar-refractivity contribution in [3.05, 3.63) is 0 Å². The molecule has 0 aromatic rings. The Balaban J connectivity index is 1.82. The van der Waals surface area contributed by atoms with Crippen LogP contribution in [-0.4, -0.2) is 60.3 Å². The molecule has 2 rings (SSSR count). The summed E-state index contributed by atoms with van der Waals surface area (Å²) < 4.78 is 0. The number of likely N-dealkylation sites (N-methyl/N-ethyl adjacent to an activating group) is 1. The summed E-state index contributed by atoms with van der Waals surface area (Å²) in [5, 5.41) is 10.6. The molecule has 0 unspecified atom stereocenters. The molecule has 1 N–H and O–H groups in total. The number of hydrogen-bond acceptors (Lipinski definition) is 3. The molecule has 94 valence electrons. The van der Waals surface area contributed by atoms with E-state index < -0.39 is 0 Å². The van der Waals surface area contributed by atoms with Crippen molar-refractivity contribution in [3.63, 3.8) is 0 Å². The van der Waals surface area contributed by atoms with E-state index in [9.17, 15) is 5.11 Å². The van der Waals surface area contributed by atoms with Gasteiger partial charge in [0.05, 0.1) is 5.60 Å². The second-order valence-corrected chi connectivity index (χ2v) is 5.72. The van der Waals surface area contributed by atoms with Gasteiger partial charge in [-0.15, -0.1) is 0 Å². The highest BCUT2D eigenvalue weighted by Gasteiger charge is 2.30. The number of β-amino-alcohol motifs (C(OH)–C–C–N with tert-alkyl or cyclic N) is 1. The van der Waals surface area contributed by atoms with Gasteiger partial charge in [-0.2, -0.15) is 0 Å². The molecule has 1 aliphatic heterocycles. The zero-order chi connectivity index (χ0) is 11.4. The van der Waals surface area contributed by atoms with Crippen LogP contribution in [0.1, 0.15) is 38.5 Å². The maximum atomic E-state index is 10.6. The first-order valence-electron chi connectivity index (χ1n) is 6.81. The zero-order valence-corrected chi connectivity index (χ0v) is 10.6. The number of nitrogens with zero attached hydrogens (tertiary/aromatic N) is 2. The summed E-state index contributed by atoms with van der Waals surface area (Å²) >= 11 is 0. The molecule has 0 bridgehead atoms. The first-order valence-corrected chi connectivity index (χ1v) is 6.81. The van der Waals surface area contributed by atoms with E-state index >= 15 is 0 Å². The average molecular weight is 226 g/mol. The lowest BCUT2D eigenvalue weighted by Gasteiger charge is -2.38. The molecule has 0 radical (unpaired) electrons. The number of aliphatic hydroxyl groups is 1. The second-order valence-electron chi connectivity index (χ2n) is 5.72. The fourth-order valence-electron chi connectivity index (χ4n) is 2.97. The third-order valence-electron chi connectivity index (χ3n) is 4.15. The third kappa shape index (κ3) is 3.44. The van der Waals surface area contributed by atoms with Gasteiger partial charge in [-0.1, -0.05) is 25.7 Å². The first kappa shape index (κ1) is 12.3. The van der Waals surface area contributed by atoms with Crippen LogP contribution in [0.15, 0.2) is 0 Å². The van der Waals surface area contributed by atoms with Gasteiger partial charge in [-0.05, 0) is 19.9 Å². The van der Waals surface area contributed by atoms with E-state index in [0.717, 1.165) is 45.6 Å². The van der Waals surface area contributed by atoms with Gasteiger partial charge in [0.1, 0.15) is 0 Å². The van der Waals surface area contributed by atoms with Crippen molar-refractivity contribution in [1.29, 1.82) is 0 Å². The fraction of sp³-hybridized carbons (Fsp3) is 1.00. The van der Waals surface area contributed by atoms with Gasteiger partial charge < -0.3 is 10.0 Å². The quantitative estimate of drug-likeness (QED) is 0.719. The summed E-state index contributed by atoms with van der Waals surface area (Å²) in [6.07, 6.45) is 7.07. The van der Waals surface area contributed by atoms with Gasteiger partial charge in [-0.25, -0.2) is 0 Å². The van der Waals surface area contributed by atoms with Crippen LogP contribution in [-0.2, 0) is 0 Å². The van der Waals surface area contributed by atoms with Gasteiger partial charge in [0.15, 0.2) is 0 Å². The van der Waals surface area contributed by atoms with Gasteiger partial charge in [-0.3, -0.25) is 4.90 Å². The molecule has 2 fully saturated rings. The topological polar surface area (TPSA) is 26.7 Å². The van der Waals surface area contributed by atoms with Crippen LogP contribution in [0.25, 0.3) is 0 Å². The molecule has 1 aliphatic carbocycles. The smallest absolute Gasteiger partial charge is 0.0774 e. The Morgan fingerprint density at radius 2 is 1.50 bits per heavy atom. The molecule has 3 nitrogen and oxygen atoms in total. The second kappa shape index (κ2) is 5.48. The van der Waals surface area contributed by atoms with Crippen molar-refractivity contribution < 1.29 is 5.11 Å². The summed E-state index contributed by atoms with van der Waals surface area (Å²) in [4.78, 5) is 4.82. The van der Waals surface area contributed by atoms with Crippen molar-refractivity contribution >= 4 is 0 Å². The minimum absolute atomic E-state index is 0.383. The number of piperazine rings is 1. The van der Waals surface area contributed by atoms with Crippen LogP contribution >= 0.6 is 0 Å². The Labute approximate surface area is 99.4 Å². The molecule has 3 heteroatoms. The van der Waals surface area contributed by atoms with E-state index in [1.165, 1.54) is 25.7 Å². The first-order chi connectivity index (χ1) is 7.68. The number of hydrogen-bond donors (Lipinski definition) is 1. The van der Waals surface area contributed by atoms with Gasteiger partial charge in [0, 0.05) is 32.7 Å². The highest BCUT2D eigenvalue weighted by atomic mass is 16.3. The molecular formula is C13H26N2O. The summed E-state index contributed by atoms with van der Waals surface area (Å²) in [5.74, 6) is 0. The van der Waals surface area contributed by atoms with Crippen LogP contribution in [0.2, 0.25) is 0 Å². The lowest BCUT2D eigenvalue weighted by molar-refractivity contribution is -0.0189. The molecule has 1 heterocycles. The van der Waals surface area contributed by atoms with E-state index in [-0.39, 0.29) is 5.60 Å². The maximum Gasteiger partial charge on any atom is 0.0774 e. The van der Waals surface area contributed by atoms with Crippen LogP contribution in [0, 0.1) is 0 Å². The Hall–Kier alpha value is -0.120. The molecule has 16 heavy (non-hydrogen) atoms. The Morgan fingerprint density at radius 1 is 0.938 bits per heavy atom. The standard InChI is InChI=1S/C13H26N2O/c1-14-8-10-15(11-9-14)12-13(16)6-4-2-3-5-7-13/h16H,2-12H2,1H3. The van der Waals surface area contributed by atoms with Crippen molar-refractivity contribution in [3.8, 4) is 0 Å². The van der Waals surface area contributed by atoms with Crippen molar-refractivity contribution in [2.75, 3.05) is 39.8 Å². The lowest BCUT2D eigenvalue weighted by Crippen LogP contribution is -2.50. The summed E-state index contributed by atoms with van der Waals surface area (Å²) in [7, 11) is 2.18. The molecule has 0 atom stereocenters. The Kier molecular flexibility index (Phi) is 4.22. The molecule has 0 amide bonds. The van der Waals surface area contributed by atoms with Crippen LogP contribution < -0.4 is 0 Å². The third-order valence-corrected chi connectivity index (χ3v) is 4.15. The minimum atomic E-state index is -0.383. The van der Waals surface area contributed by atoms with Crippen molar-refractivity contribution in [2.24, 2.45) is 0 Å². The summed E-state index contributed by atoms with van der Waals surface area (Å²) in [5.41, 5.74) is -0.383. The molecule has 1 saturated carbocycles. The van der Waals surface area contributed by atoms with Gasteiger partial charge in [0.25, 0.3) is 0 Å². The van der Waals surface area contributed by atoms with Crippen LogP contribution in [0.4, 0.5) is 0 Å². The predicted octanol–water partition coefficient (Wildman–Crippen LogP) is 1.32. The van der Waals surface area contributed by atoms with E-state index in [0.29, 0.717) is 0 Å². The van der Waals surface area contributed by atoms with Crippen LogP contribution in [0.3, 0.4) is 0 Å². The molecule has 0 aromatic heterocycles. The van der Waals surface area contributed by atoms with Crippen LogP contribution in [0.5, 0.6) is 0 Å². The van der Waals surface area contributed by atoms with Crippen molar-refractivity contribution in [2.45, 2.75) is 44.1 Å². The SMILES string of the molecule is CN1CCN(CC2(O)CCCCCC2)CC1. The Bertz CT molecular complexity index is 204. The minimum Gasteiger partial charge on any atom is -0.389 e. The Morgan fingerprint density at radius 3 is 2.06 bits per heavy atom. The van der Waals surface area contributed by atoms with Gasteiger partial charge >= 0.3 is 0 Å². The summed E-state index contributed by atoms with van der Waals surface area (Å²) in [6, 6.07) is 0. The number of rotatable bonds is 2. The van der Waals surface area contributed by atoms with E-state index in [2.05, 4.69) is 16.8 Å². The molecule has 0 aromatic carbocycles. The molecule has 0 spiro atoms.